The Bertz CT molecular complexity index is 754. The zero-order valence-electron chi connectivity index (χ0n) is 11.0. The molecular weight excluding hydrogens is 331 g/mol. The lowest BCUT2D eigenvalue weighted by Crippen LogP contribution is -2.26. The number of rotatable bonds is 5. The van der Waals surface area contributed by atoms with E-state index >= 15 is 0 Å². The van der Waals surface area contributed by atoms with Crippen molar-refractivity contribution in [2.45, 2.75) is 17.2 Å². The topological polar surface area (TPSA) is 72.2 Å². The summed E-state index contributed by atoms with van der Waals surface area (Å²) in [6, 6.07) is 8.20. The van der Waals surface area contributed by atoms with E-state index in [1.807, 2.05) is 0 Å². The first-order chi connectivity index (χ1) is 9.79. The van der Waals surface area contributed by atoms with Gasteiger partial charge in [0.1, 0.15) is 15.0 Å². The summed E-state index contributed by atoms with van der Waals surface area (Å²) in [6.07, 6.45) is 0. The Morgan fingerprint density at radius 2 is 1.90 bits per heavy atom. The predicted octanol–water partition coefficient (Wildman–Crippen LogP) is 2.56. The maximum Gasteiger partial charge on any atom is 0.250 e. The molecule has 1 aromatic heterocycles. The molecule has 0 spiro atoms. The van der Waals surface area contributed by atoms with Crippen molar-refractivity contribution in [1.29, 1.82) is 0 Å². The van der Waals surface area contributed by atoms with E-state index in [1.54, 1.807) is 13.0 Å². The zero-order valence-corrected chi connectivity index (χ0v) is 13.5. The van der Waals surface area contributed by atoms with Crippen molar-refractivity contribution in [2.24, 2.45) is 5.73 Å². The van der Waals surface area contributed by atoms with Gasteiger partial charge in [-0.2, -0.15) is 0 Å². The molecule has 2 rings (SSSR count). The maximum atomic E-state index is 12.9. The van der Waals surface area contributed by atoms with Gasteiger partial charge in [0.2, 0.25) is 0 Å². The second-order valence-electron chi connectivity index (χ2n) is 4.38. The fourth-order valence-electron chi connectivity index (χ4n) is 1.71. The van der Waals surface area contributed by atoms with Crippen molar-refractivity contribution >= 4 is 38.6 Å². The Balaban J connectivity index is 2.20. The molecule has 0 saturated heterocycles. The molecule has 2 aromatic rings. The minimum Gasteiger partial charge on any atom is -0.389 e. The van der Waals surface area contributed by atoms with E-state index < -0.39 is 16.1 Å². The number of thiocarbonyl (C=S) groups is 1. The van der Waals surface area contributed by atoms with Crippen LogP contribution in [0.5, 0.6) is 0 Å². The molecule has 4 nitrogen and oxygen atoms in total. The number of nitrogens with two attached hydrogens (primary N) is 1. The molecule has 0 saturated carbocycles. The van der Waals surface area contributed by atoms with Crippen molar-refractivity contribution in [2.75, 3.05) is 0 Å². The van der Waals surface area contributed by atoms with Crippen LogP contribution in [-0.4, -0.2) is 13.4 Å². The molecule has 21 heavy (non-hydrogen) atoms. The molecule has 8 heteroatoms. The van der Waals surface area contributed by atoms with Gasteiger partial charge in [0, 0.05) is 6.04 Å². The predicted molar refractivity (Wildman–Crippen MR) is 85.3 cm³/mol. The average molecular weight is 344 g/mol. The second kappa shape index (κ2) is 6.18. The van der Waals surface area contributed by atoms with E-state index in [-0.39, 0.29) is 15.0 Å². The zero-order chi connectivity index (χ0) is 15.6. The minimum absolute atomic E-state index is 0.138. The molecule has 0 radical (unpaired) electrons. The van der Waals surface area contributed by atoms with Gasteiger partial charge in [0.05, 0.1) is 4.88 Å². The Labute approximate surface area is 131 Å². The van der Waals surface area contributed by atoms with Crippen molar-refractivity contribution in [3.63, 3.8) is 0 Å². The van der Waals surface area contributed by atoms with Crippen LogP contribution in [0.3, 0.4) is 0 Å². The highest BCUT2D eigenvalue weighted by Crippen LogP contribution is 2.23. The molecule has 1 aromatic carbocycles. The number of benzene rings is 1. The molecule has 0 aliphatic rings. The van der Waals surface area contributed by atoms with E-state index in [2.05, 4.69) is 4.72 Å². The molecule has 112 valence electrons. The Kier molecular flexibility index (Phi) is 4.72. The summed E-state index contributed by atoms with van der Waals surface area (Å²) in [5.41, 5.74) is 6.14. The molecule has 0 aliphatic carbocycles. The van der Waals surface area contributed by atoms with Gasteiger partial charge in [-0.1, -0.05) is 24.4 Å². The van der Waals surface area contributed by atoms with Crippen molar-refractivity contribution in [1.82, 2.24) is 4.72 Å². The summed E-state index contributed by atoms with van der Waals surface area (Å²) in [5.74, 6) is -0.367. The van der Waals surface area contributed by atoms with Crippen LogP contribution in [0.4, 0.5) is 4.39 Å². The minimum atomic E-state index is -3.67. The van der Waals surface area contributed by atoms with Gasteiger partial charge in [-0.15, -0.1) is 11.3 Å². The molecule has 0 aliphatic heterocycles. The number of thiophene rings is 1. The first-order valence-electron chi connectivity index (χ1n) is 5.97. The fraction of sp³-hybridized carbons (Fsp3) is 0.154. The fourth-order valence-corrected chi connectivity index (χ4v) is 4.31. The van der Waals surface area contributed by atoms with Crippen LogP contribution < -0.4 is 10.5 Å². The van der Waals surface area contributed by atoms with Gasteiger partial charge in [0.15, 0.2) is 0 Å². The van der Waals surface area contributed by atoms with Gasteiger partial charge < -0.3 is 5.73 Å². The third-order valence-corrected chi connectivity index (χ3v) is 6.29. The van der Waals surface area contributed by atoms with E-state index in [9.17, 15) is 12.8 Å². The van der Waals surface area contributed by atoms with Crippen molar-refractivity contribution in [3.05, 3.63) is 52.7 Å². The third-order valence-electron chi connectivity index (χ3n) is 2.79. The average Bonchev–Trinajstić information content (AvgIpc) is 2.89. The number of nitrogens with one attached hydrogen (secondary N) is 1. The van der Waals surface area contributed by atoms with Gasteiger partial charge in [-0.25, -0.2) is 17.5 Å². The van der Waals surface area contributed by atoms with E-state index in [0.717, 1.165) is 11.3 Å². The Morgan fingerprint density at radius 3 is 2.43 bits per heavy atom. The molecule has 0 amide bonds. The smallest absolute Gasteiger partial charge is 0.250 e. The Morgan fingerprint density at radius 1 is 1.29 bits per heavy atom. The van der Waals surface area contributed by atoms with Crippen LogP contribution in [0.2, 0.25) is 0 Å². The number of hydrogen-bond acceptors (Lipinski definition) is 4. The van der Waals surface area contributed by atoms with Gasteiger partial charge >= 0.3 is 0 Å². The SMILES string of the molecule is CC(NS(=O)(=O)c1ccc(C(N)=S)s1)c1ccc(F)cc1. The normalized spacial score (nSPS) is 13.0. The Hall–Kier alpha value is -1.35. The summed E-state index contributed by atoms with van der Waals surface area (Å²) < 4.78 is 40.1. The highest BCUT2D eigenvalue weighted by Gasteiger charge is 2.20. The van der Waals surface area contributed by atoms with Crippen LogP contribution in [0, 0.1) is 5.82 Å². The quantitative estimate of drug-likeness (QED) is 0.818. The molecule has 0 bridgehead atoms. The van der Waals surface area contributed by atoms with Crippen LogP contribution in [-0.2, 0) is 10.0 Å². The highest BCUT2D eigenvalue weighted by molar-refractivity contribution is 7.91. The molecule has 1 unspecified atom stereocenters. The van der Waals surface area contributed by atoms with Gasteiger partial charge in [-0.05, 0) is 36.8 Å². The first-order valence-corrected chi connectivity index (χ1v) is 8.68. The lowest BCUT2D eigenvalue weighted by molar-refractivity contribution is 0.568. The maximum absolute atomic E-state index is 12.9. The van der Waals surface area contributed by atoms with E-state index in [0.29, 0.717) is 10.4 Å². The monoisotopic (exact) mass is 344 g/mol. The molecule has 0 fully saturated rings. The van der Waals surface area contributed by atoms with Crippen LogP contribution >= 0.6 is 23.6 Å². The lowest BCUT2D eigenvalue weighted by atomic mass is 10.1. The number of halogens is 1. The molecular formula is C13H13FN2O2S3. The number of sulfonamides is 1. The number of hydrogen-bond donors (Lipinski definition) is 2. The van der Waals surface area contributed by atoms with Crippen molar-refractivity contribution < 1.29 is 12.8 Å². The standard InChI is InChI=1S/C13H13FN2O2S3/c1-8(9-2-4-10(14)5-3-9)16-21(17,18)12-7-6-11(20-12)13(15)19/h2-8,16H,1H3,(H2,15,19). The summed E-state index contributed by atoms with van der Waals surface area (Å²) in [4.78, 5) is 0.702. The van der Waals surface area contributed by atoms with Gasteiger partial charge in [0.25, 0.3) is 10.0 Å². The molecule has 3 N–H and O–H groups in total. The molecule has 1 heterocycles. The molecule has 1 atom stereocenters. The van der Waals surface area contributed by atoms with E-state index in [1.165, 1.54) is 30.3 Å². The summed E-state index contributed by atoms with van der Waals surface area (Å²) in [5, 5.41) is 0. The highest BCUT2D eigenvalue weighted by atomic mass is 32.2. The second-order valence-corrected chi connectivity index (χ2v) is 7.84. The third kappa shape index (κ3) is 3.85. The lowest BCUT2D eigenvalue weighted by Gasteiger charge is -2.13. The summed E-state index contributed by atoms with van der Waals surface area (Å²) >= 11 is 5.82. The van der Waals surface area contributed by atoms with Crippen LogP contribution in [0.1, 0.15) is 23.4 Å². The summed E-state index contributed by atoms with van der Waals surface area (Å²) in [6.45, 7) is 1.69. The van der Waals surface area contributed by atoms with E-state index in [4.69, 9.17) is 18.0 Å². The first kappa shape index (κ1) is 16.0. The largest absolute Gasteiger partial charge is 0.389 e. The van der Waals surface area contributed by atoms with Crippen molar-refractivity contribution in [3.8, 4) is 0 Å². The van der Waals surface area contributed by atoms with Crippen LogP contribution in [0.25, 0.3) is 0 Å². The summed E-state index contributed by atoms with van der Waals surface area (Å²) in [7, 11) is -3.67. The van der Waals surface area contributed by atoms with Gasteiger partial charge in [-0.3, -0.25) is 0 Å². The van der Waals surface area contributed by atoms with Crippen LogP contribution in [0.15, 0.2) is 40.6 Å².